The first kappa shape index (κ1) is 14.7. The summed E-state index contributed by atoms with van der Waals surface area (Å²) in [6, 6.07) is 0. The lowest BCUT2D eigenvalue weighted by atomic mass is 10.1. The summed E-state index contributed by atoms with van der Waals surface area (Å²) in [4.78, 5) is 8.49. The van der Waals surface area contributed by atoms with Crippen LogP contribution in [0.3, 0.4) is 0 Å². The van der Waals surface area contributed by atoms with E-state index < -0.39 is 0 Å². The molecule has 0 bridgehead atoms. The van der Waals surface area contributed by atoms with Crippen molar-refractivity contribution in [3.05, 3.63) is 11.9 Å². The molecule has 0 aromatic carbocycles. The van der Waals surface area contributed by atoms with Gasteiger partial charge in [-0.05, 0) is 25.7 Å². The van der Waals surface area contributed by atoms with Crippen LogP contribution < -0.4 is 10.6 Å². The summed E-state index contributed by atoms with van der Waals surface area (Å²) < 4.78 is 0. The van der Waals surface area contributed by atoms with Crippen molar-refractivity contribution in [2.75, 3.05) is 30.3 Å². The maximum atomic E-state index is 8.87. The molecule has 1 atom stereocenters. The van der Waals surface area contributed by atoms with Crippen LogP contribution in [0.2, 0.25) is 0 Å². The molecule has 0 aliphatic carbocycles. The molecule has 1 rings (SSSR count). The highest BCUT2D eigenvalue weighted by Gasteiger charge is 2.07. The maximum absolute atomic E-state index is 8.87. The lowest BCUT2D eigenvalue weighted by Crippen LogP contribution is -2.15. The number of hydrogen-bond donors (Lipinski definition) is 3. The molecule has 0 saturated carbocycles. The van der Waals surface area contributed by atoms with Crippen LogP contribution in [0.1, 0.15) is 32.3 Å². The van der Waals surface area contributed by atoms with Crippen molar-refractivity contribution in [1.29, 1.82) is 0 Å². The molecule has 18 heavy (non-hydrogen) atoms. The van der Waals surface area contributed by atoms with Gasteiger partial charge in [-0.25, -0.2) is 9.97 Å². The molecule has 3 N–H and O–H groups in total. The molecule has 0 spiro atoms. The molecular weight excluding hydrogens is 228 g/mol. The quantitative estimate of drug-likeness (QED) is 0.660. The minimum Gasteiger partial charge on any atom is -0.396 e. The molecule has 0 aliphatic heterocycles. The van der Waals surface area contributed by atoms with E-state index >= 15 is 0 Å². The van der Waals surface area contributed by atoms with Gasteiger partial charge in [0.1, 0.15) is 18.0 Å². The van der Waals surface area contributed by atoms with Crippen LogP contribution in [0.25, 0.3) is 0 Å². The Labute approximate surface area is 109 Å². The SMILES string of the molecule is CCCNc1ncnc(NCC(C)CCO)c1C. The van der Waals surface area contributed by atoms with Gasteiger partial charge >= 0.3 is 0 Å². The fourth-order valence-corrected chi connectivity index (χ4v) is 1.64. The van der Waals surface area contributed by atoms with E-state index in [0.717, 1.165) is 43.1 Å². The number of aliphatic hydroxyl groups excluding tert-OH is 1. The summed E-state index contributed by atoms with van der Waals surface area (Å²) in [7, 11) is 0. The topological polar surface area (TPSA) is 70.1 Å². The molecule has 1 heterocycles. The van der Waals surface area contributed by atoms with Gasteiger partial charge in [-0.15, -0.1) is 0 Å². The van der Waals surface area contributed by atoms with Crippen LogP contribution in [-0.4, -0.2) is 34.8 Å². The smallest absolute Gasteiger partial charge is 0.134 e. The number of aliphatic hydroxyl groups is 1. The van der Waals surface area contributed by atoms with Crippen molar-refractivity contribution in [2.45, 2.75) is 33.6 Å². The van der Waals surface area contributed by atoms with Gasteiger partial charge in [-0.1, -0.05) is 13.8 Å². The highest BCUT2D eigenvalue weighted by Crippen LogP contribution is 2.18. The summed E-state index contributed by atoms with van der Waals surface area (Å²) in [6.45, 7) is 8.20. The normalized spacial score (nSPS) is 12.2. The largest absolute Gasteiger partial charge is 0.396 e. The molecular formula is C13H24N4O. The first-order valence-corrected chi connectivity index (χ1v) is 6.59. The lowest BCUT2D eigenvalue weighted by Gasteiger charge is -2.15. The Balaban J connectivity index is 2.60. The molecule has 5 heteroatoms. The Morgan fingerprint density at radius 2 is 1.94 bits per heavy atom. The second kappa shape index (κ2) is 7.87. The van der Waals surface area contributed by atoms with E-state index in [2.05, 4.69) is 34.4 Å². The second-order valence-corrected chi connectivity index (χ2v) is 4.62. The van der Waals surface area contributed by atoms with E-state index in [4.69, 9.17) is 5.11 Å². The zero-order chi connectivity index (χ0) is 13.4. The van der Waals surface area contributed by atoms with Crippen molar-refractivity contribution in [3.63, 3.8) is 0 Å². The number of rotatable bonds is 8. The van der Waals surface area contributed by atoms with E-state index in [-0.39, 0.29) is 6.61 Å². The van der Waals surface area contributed by atoms with Crippen molar-refractivity contribution >= 4 is 11.6 Å². The first-order chi connectivity index (χ1) is 8.69. The van der Waals surface area contributed by atoms with Crippen LogP contribution in [-0.2, 0) is 0 Å². The van der Waals surface area contributed by atoms with Gasteiger partial charge in [-0.3, -0.25) is 0 Å². The Bertz CT molecular complexity index is 357. The van der Waals surface area contributed by atoms with E-state index in [9.17, 15) is 0 Å². The van der Waals surface area contributed by atoms with Crippen molar-refractivity contribution in [2.24, 2.45) is 5.92 Å². The molecule has 102 valence electrons. The second-order valence-electron chi connectivity index (χ2n) is 4.62. The molecule has 0 saturated heterocycles. The van der Waals surface area contributed by atoms with Gasteiger partial charge in [0.2, 0.25) is 0 Å². The standard InChI is InChI=1S/C13H24N4O/c1-4-6-14-12-11(3)13(17-9-16-12)15-8-10(2)5-7-18/h9-10,18H,4-8H2,1-3H3,(H2,14,15,16,17). The molecule has 0 radical (unpaired) electrons. The van der Waals surface area contributed by atoms with Gasteiger partial charge in [0.05, 0.1) is 0 Å². The number of nitrogens with one attached hydrogen (secondary N) is 2. The van der Waals surface area contributed by atoms with Crippen molar-refractivity contribution in [1.82, 2.24) is 9.97 Å². The highest BCUT2D eigenvalue weighted by molar-refractivity contribution is 5.56. The van der Waals surface area contributed by atoms with Crippen LogP contribution >= 0.6 is 0 Å². The fraction of sp³-hybridized carbons (Fsp3) is 0.692. The monoisotopic (exact) mass is 252 g/mol. The third-order valence-corrected chi connectivity index (χ3v) is 2.87. The number of anilines is 2. The van der Waals surface area contributed by atoms with Gasteiger partial charge in [0.25, 0.3) is 0 Å². The predicted octanol–water partition coefficient (Wildman–Crippen LogP) is 2.04. The molecule has 1 unspecified atom stereocenters. The summed E-state index contributed by atoms with van der Waals surface area (Å²) in [5, 5.41) is 15.5. The molecule has 0 aliphatic rings. The number of hydrogen-bond acceptors (Lipinski definition) is 5. The van der Waals surface area contributed by atoms with Gasteiger partial charge in [-0.2, -0.15) is 0 Å². The summed E-state index contributed by atoms with van der Waals surface area (Å²) in [5.74, 6) is 2.19. The molecule has 1 aromatic heterocycles. The van der Waals surface area contributed by atoms with Crippen LogP contribution in [0, 0.1) is 12.8 Å². The molecule has 0 amide bonds. The third-order valence-electron chi connectivity index (χ3n) is 2.87. The Morgan fingerprint density at radius 3 is 2.56 bits per heavy atom. The van der Waals surface area contributed by atoms with Crippen LogP contribution in [0.5, 0.6) is 0 Å². The Morgan fingerprint density at radius 1 is 1.28 bits per heavy atom. The van der Waals surface area contributed by atoms with Crippen molar-refractivity contribution < 1.29 is 5.11 Å². The third kappa shape index (κ3) is 4.49. The average Bonchev–Trinajstić information content (AvgIpc) is 2.36. The first-order valence-electron chi connectivity index (χ1n) is 6.59. The molecule has 1 aromatic rings. The van der Waals surface area contributed by atoms with E-state index in [1.165, 1.54) is 0 Å². The van der Waals surface area contributed by atoms with Gasteiger partial charge < -0.3 is 15.7 Å². The van der Waals surface area contributed by atoms with Crippen LogP contribution in [0.15, 0.2) is 6.33 Å². The Hall–Kier alpha value is -1.36. The van der Waals surface area contributed by atoms with Crippen LogP contribution in [0.4, 0.5) is 11.6 Å². The Kier molecular flexibility index (Phi) is 6.43. The summed E-state index contributed by atoms with van der Waals surface area (Å²) in [6.07, 6.45) is 3.45. The minimum absolute atomic E-state index is 0.231. The summed E-state index contributed by atoms with van der Waals surface area (Å²) >= 11 is 0. The van der Waals surface area contributed by atoms with E-state index in [1.807, 2.05) is 6.92 Å². The lowest BCUT2D eigenvalue weighted by molar-refractivity contribution is 0.266. The zero-order valence-electron chi connectivity index (χ0n) is 11.5. The number of aromatic nitrogens is 2. The van der Waals surface area contributed by atoms with Gasteiger partial charge in [0, 0.05) is 25.3 Å². The zero-order valence-corrected chi connectivity index (χ0v) is 11.5. The van der Waals surface area contributed by atoms with E-state index in [0.29, 0.717) is 5.92 Å². The minimum atomic E-state index is 0.231. The fourth-order valence-electron chi connectivity index (χ4n) is 1.64. The highest BCUT2D eigenvalue weighted by atomic mass is 16.3. The summed E-state index contributed by atoms with van der Waals surface area (Å²) in [5.41, 5.74) is 1.04. The van der Waals surface area contributed by atoms with E-state index in [1.54, 1.807) is 6.33 Å². The predicted molar refractivity (Wildman–Crippen MR) is 74.9 cm³/mol. The average molecular weight is 252 g/mol. The number of nitrogens with zero attached hydrogens (tertiary/aromatic N) is 2. The molecule has 0 fully saturated rings. The van der Waals surface area contributed by atoms with Gasteiger partial charge in [0.15, 0.2) is 0 Å². The maximum Gasteiger partial charge on any atom is 0.134 e. The molecule has 5 nitrogen and oxygen atoms in total. The van der Waals surface area contributed by atoms with Crippen molar-refractivity contribution in [3.8, 4) is 0 Å².